The zero-order valence-corrected chi connectivity index (χ0v) is 12.9. The Morgan fingerprint density at radius 2 is 1.47 bits per heavy atom. The Morgan fingerprint density at radius 3 is 1.80 bits per heavy atom. The Balaban J connectivity index is 2.76. The van der Waals surface area contributed by atoms with Crippen molar-refractivity contribution in [2.24, 2.45) is 0 Å². The maximum absolute atomic E-state index is 5.90. The predicted octanol–water partition coefficient (Wildman–Crippen LogP) is 3.54. The van der Waals surface area contributed by atoms with Crippen LogP contribution in [-0.2, 0) is 8.85 Å². The molecule has 0 radical (unpaired) electrons. The van der Waals surface area contributed by atoms with Gasteiger partial charge in [-0.25, -0.2) is 0 Å². The summed E-state index contributed by atoms with van der Waals surface area (Å²) in [6.07, 6.45) is 5.41. The van der Waals surface area contributed by atoms with Crippen LogP contribution in [0.5, 0.6) is 0 Å². The lowest BCUT2D eigenvalue weighted by Crippen LogP contribution is -2.50. The van der Waals surface area contributed by atoms with Gasteiger partial charge in [-0.3, -0.25) is 0 Å². The van der Waals surface area contributed by atoms with Crippen molar-refractivity contribution in [1.82, 2.24) is 0 Å². The molecule has 0 N–H and O–H groups in total. The summed E-state index contributed by atoms with van der Waals surface area (Å²) in [6, 6.07) is 0. The maximum Gasteiger partial charge on any atom is 0.338 e. The van der Waals surface area contributed by atoms with Gasteiger partial charge < -0.3 is 8.85 Å². The van der Waals surface area contributed by atoms with Gasteiger partial charge in [-0.1, -0.05) is 32.5 Å². The second-order valence-electron chi connectivity index (χ2n) is 5.94. The summed E-state index contributed by atoms with van der Waals surface area (Å²) in [5, 5.41) is 0. The van der Waals surface area contributed by atoms with E-state index in [0.717, 1.165) is 5.54 Å². The summed E-state index contributed by atoms with van der Waals surface area (Å²) in [4.78, 5) is 0. The monoisotopic (exact) mass is 246 g/mol. The summed E-state index contributed by atoms with van der Waals surface area (Å²) < 4.78 is 11.8. The lowest BCUT2D eigenvalue weighted by Gasteiger charge is -2.37. The van der Waals surface area contributed by atoms with Crippen LogP contribution < -0.4 is 0 Å². The van der Waals surface area contributed by atoms with E-state index in [0.29, 0.717) is 0 Å². The lowest BCUT2D eigenvalue weighted by atomic mass is 10.4. The third-order valence-electron chi connectivity index (χ3n) is 3.44. The minimum Gasteiger partial charge on any atom is -0.398 e. The van der Waals surface area contributed by atoms with Gasteiger partial charge in [-0.05, 0) is 18.5 Å². The quantitative estimate of drug-likeness (QED) is 0.691. The summed E-state index contributed by atoms with van der Waals surface area (Å²) >= 11 is 0. The first-order valence-corrected chi connectivity index (χ1v) is 11.8. The first-order valence-electron chi connectivity index (χ1n) is 6.04. The Kier molecular flexibility index (Phi) is 4.58. The van der Waals surface area contributed by atoms with Gasteiger partial charge in [0.25, 0.3) is 0 Å². The highest BCUT2D eigenvalue weighted by atomic mass is 28.4. The van der Waals surface area contributed by atoms with Gasteiger partial charge in [0.1, 0.15) is 0 Å². The Bertz CT molecular complexity index is 191. The molecule has 0 aromatic heterocycles. The average Bonchev–Trinajstić information content (AvgIpc) is 2.66. The van der Waals surface area contributed by atoms with Crippen LogP contribution in [0.4, 0.5) is 0 Å². The standard InChI is InChI=1S/C11H26O2Si2/c1-12-15(13-2,10-14(3,4)5)11-8-6-7-9-11/h11H,6-10H2,1-5H3. The molecule has 90 valence electrons. The summed E-state index contributed by atoms with van der Waals surface area (Å²) in [6.45, 7) is 7.26. The van der Waals surface area contributed by atoms with E-state index in [-0.39, 0.29) is 0 Å². The molecule has 1 fully saturated rings. The first kappa shape index (κ1) is 13.4. The number of hydrogen-bond acceptors (Lipinski definition) is 2. The van der Waals surface area contributed by atoms with Crippen LogP contribution in [0.1, 0.15) is 25.7 Å². The number of rotatable bonds is 5. The largest absolute Gasteiger partial charge is 0.398 e. The summed E-state index contributed by atoms with van der Waals surface area (Å²) in [5.41, 5.74) is 2.00. The molecule has 0 bridgehead atoms. The number of hydrogen-bond donors (Lipinski definition) is 0. The molecule has 0 atom stereocenters. The van der Waals surface area contributed by atoms with Crippen LogP contribution in [0.3, 0.4) is 0 Å². The molecular weight excluding hydrogens is 220 g/mol. The molecule has 1 saturated carbocycles. The maximum atomic E-state index is 5.90. The Labute approximate surface area is 96.6 Å². The molecule has 0 aliphatic heterocycles. The van der Waals surface area contributed by atoms with E-state index in [1.165, 1.54) is 31.4 Å². The molecule has 0 aromatic rings. The molecule has 4 heteroatoms. The second-order valence-corrected chi connectivity index (χ2v) is 15.7. The van der Waals surface area contributed by atoms with Gasteiger partial charge in [-0.15, -0.1) is 0 Å². The minimum absolute atomic E-state index is 0.749. The van der Waals surface area contributed by atoms with E-state index in [1.807, 2.05) is 14.2 Å². The van der Waals surface area contributed by atoms with E-state index in [4.69, 9.17) is 8.85 Å². The van der Waals surface area contributed by atoms with E-state index in [9.17, 15) is 0 Å². The molecule has 0 spiro atoms. The van der Waals surface area contributed by atoms with E-state index in [2.05, 4.69) is 19.6 Å². The van der Waals surface area contributed by atoms with Crippen LogP contribution in [0.2, 0.25) is 30.8 Å². The molecular formula is C11H26O2Si2. The van der Waals surface area contributed by atoms with Gasteiger partial charge in [0.05, 0.1) is 0 Å². The van der Waals surface area contributed by atoms with Crippen molar-refractivity contribution in [2.45, 2.75) is 56.5 Å². The Hall–Kier alpha value is 0.354. The second kappa shape index (κ2) is 5.12. The van der Waals surface area contributed by atoms with Crippen LogP contribution in [0.25, 0.3) is 0 Å². The van der Waals surface area contributed by atoms with E-state index in [1.54, 1.807) is 0 Å². The highest BCUT2D eigenvalue weighted by Gasteiger charge is 2.48. The van der Waals surface area contributed by atoms with Crippen LogP contribution >= 0.6 is 0 Å². The molecule has 0 unspecified atom stereocenters. The van der Waals surface area contributed by atoms with Crippen molar-refractivity contribution in [2.75, 3.05) is 14.2 Å². The molecule has 1 aliphatic rings. The fraction of sp³-hybridized carbons (Fsp3) is 1.00. The smallest absolute Gasteiger partial charge is 0.338 e. The first-order chi connectivity index (χ1) is 6.93. The van der Waals surface area contributed by atoms with Crippen molar-refractivity contribution in [3.8, 4) is 0 Å². The summed E-state index contributed by atoms with van der Waals surface area (Å²) in [5.74, 6) is 0. The topological polar surface area (TPSA) is 18.5 Å². The van der Waals surface area contributed by atoms with Gasteiger partial charge in [-0.2, -0.15) is 0 Å². The average molecular weight is 246 g/mol. The third-order valence-corrected chi connectivity index (χ3v) is 12.9. The van der Waals surface area contributed by atoms with Crippen molar-refractivity contribution >= 4 is 16.6 Å². The normalized spacial score (nSPS) is 19.8. The zero-order valence-electron chi connectivity index (χ0n) is 10.9. The van der Waals surface area contributed by atoms with E-state index < -0.39 is 16.6 Å². The third kappa shape index (κ3) is 3.41. The SMILES string of the molecule is CO[Si](C[Si](C)(C)C)(OC)C1CCCC1. The molecule has 0 aromatic carbocycles. The van der Waals surface area contributed by atoms with Crippen LogP contribution in [0, 0.1) is 0 Å². The highest BCUT2D eigenvalue weighted by molar-refractivity contribution is 6.91. The van der Waals surface area contributed by atoms with Gasteiger partial charge in [0, 0.05) is 27.8 Å². The van der Waals surface area contributed by atoms with Crippen molar-refractivity contribution in [3.63, 3.8) is 0 Å². The van der Waals surface area contributed by atoms with Gasteiger partial charge in [0.2, 0.25) is 0 Å². The summed E-state index contributed by atoms with van der Waals surface area (Å²) in [7, 11) is 0.764. The molecule has 1 rings (SSSR count). The fourth-order valence-corrected chi connectivity index (χ4v) is 13.2. The molecule has 0 amide bonds. The van der Waals surface area contributed by atoms with Gasteiger partial charge in [0.15, 0.2) is 0 Å². The van der Waals surface area contributed by atoms with E-state index >= 15 is 0 Å². The molecule has 0 heterocycles. The van der Waals surface area contributed by atoms with Crippen molar-refractivity contribution < 1.29 is 8.85 Å². The zero-order chi connectivity index (χ0) is 11.5. The molecule has 0 saturated heterocycles. The molecule has 2 nitrogen and oxygen atoms in total. The van der Waals surface area contributed by atoms with Gasteiger partial charge >= 0.3 is 8.56 Å². The molecule has 1 aliphatic carbocycles. The lowest BCUT2D eigenvalue weighted by molar-refractivity contribution is 0.233. The van der Waals surface area contributed by atoms with Crippen LogP contribution in [0.15, 0.2) is 0 Å². The molecule has 15 heavy (non-hydrogen) atoms. The Morgan fingerprint density at radius 1 is 1.00 bits per heavy atom. The van der Waals surface area contributed by atoms with Crippen molar-refractivity contribution in [3.05, 3.63) is 0 Å². The van der Waals surface area contributed by atoms with Crippen LogP contribution in [-0.4, -0.2) is 30.9 Å². The highest BCUT2D eigenvalue weighted by Crippen LogP contribution is 2.42. The predicted molar refractivity (Wildman–Crippen MR) is 70.1 cm³/mol. The fourth-order valence-electron chi connectivity index (χ4n) is 2.81. The van der Waals surface area contributed by atoms with Crippen molar-refractivity contribution in [1.29, 1.82) is 0 Å². The minimum atomic E-state index is -1.88.